The molecule has 3 rings (SSSR count). The lowest BCUT2D eigenvalue weighted by Crippen LogP contribution is -2.46. The molecule has 3 N–H and O–H groups in total. The van der Waals surface area contributed by atoms with Gasteiger partial charge in [-0.1, -0.05) is 0 Å². The highest BCUT2D eigenvalue weighted by Gasteiger charge is 2.41. The van der Waals surface area contributed by atoms with E-state index >= 15 is 0 Å². The van der Waals surface area contributed by atoms with Crippen molar-refractivity contribution in [1.29, 1.82) is 0 Å². The molecule has 20 heavy (non-hydrogen) atoms. The Balaban J connectivity index is 1.94. The van der Waals surface area contributed by atoms with Crippen LogP contribution >= 0.6 is 0 Å². The molecule has 8 heteroatoms. The molecule has 3 heterocycles. The Bertz CT molecular complexity index is 533. The van der Waals surface area contributed by atoms with Gasteiger partial charge < -0.3 is 20.9 Å². The van der Waals surface area contributed by atoms with Crippen LogP contribution in [0.5, 0.6) is 0 Å². The van der Waals surface area contributed by atoms with E-state index in [9.17, 15) is 4.79 Å². The maximum absolute atomic E-state index is 11.8. The lowest BCUT2D eigenvalue weighted by molar-refractivity contribution is -0.123. The van der Waals surface area contributed by atoms with Gasteiger partial charge in [0, 0.05) is 27.2 Å². The largest absolute Gasteiger partial charge is 0.368 e. The molecule has 108 valence electrons. The minimum Gasteiger partial charge on any atom is -0.368 e. The summed E-state index contributed by atoms with van der Waals surface area (Å²) in [5, 5.41) is 2.92. The summed E-state index contributed by atoms with van der Waals surface area (Å²) in [6.07, 6.45) is 1.88. The number of carbonyl (C=O) groups excluding carboxylic acids is 1. The standard InChI is InChI=1S/C12H19N7O/c1-18(2)11-15-10(13)16-12(17-11)19-5-3-4-7-8(19)6-14-9(7)20/h7-8H,3-6H2,1-2H3,(H,14,20)(H2,13,15,16,17). The Morgan fingerprint density at radius 3 is 2.90 bits per heavy atom. The van der Waals surface area contributed by atoms with Crippen LogP contribution in [0.25, 0.3) is 0 Å². The SMILES string of the molecule is CN(C)c1nc(N)nc(N2CCCC3C(=O)NCC32)n1. The van der Waals surface area contributed by atoms with Gasteiger partial charge in [0.25, 0.3) is 0 Å². The average molecular weight is 277 g/mol. The van der Waals surface area contributed by atoms with Gasteiger partial charge in [-0.3, -0.25) is 4.79 Å². The highest BCUT2D eigenvalue weighted by molar-refractivity contribution is 5.83. The van der Waals surface area contributed by atoms with Crippen LogP contribution in [0.4, 0.5) is 17.8 Å². The second kappa shape index (κ2) is 4.77. The minimum atomic E-state index is 0.0320. The van der Waals surface area contributed by atoms with Crippen LogP contribution in [-0.2, 0) is 4.79 Å². The summed E-state index contributed by atoms with van der Waals surface area (Å²) >= 11 is 0. The van der Waals surface area contributed by atoms with Crippen molar-refractivity contribution in [2.24, 2.45) is 5.92 Å². The minimum absolute atomic E-state index is 0.0320. The number of hydrogen-bond acceptors (Lipinski definition) is 7. The number of anilines is 3. The first-order valence-electron chi connectivity index (χ1n) is 6.79. The third-order valence-corrected chi connectivity index (χ3v) is 3.89. The number of amides is 1. The van der Waals surface area contributed by atoms with Crippen LogP contribution in [-0.4, -0.2) is 54.1 Å². The highest BCUT2D eigenvalue weighted by atomic mass is 16.2. The molecule has 2 unspecified atom stereocenters. The summed E-state index contributed by atoms with van der Waals surface area (Å²) in [5.74, 6) is 1.47. The van der Waals surface area contributed by atoms with Gasteiger partial charge in [-0.05, 0) is 12.8 Å². The summed E-state index contributed by atoms with van der Waals surface area (Å²) < 4.78 is 0. The van der Waals surface area contributed by atoms with E-state index in [1.807, 2.05) is 14.1 Å². The molecule has 2 fully saturated rings. The summed E-state index contributed by atoms with van der Waals surface area (Å²) in [5.41, 5.74) is 5.77. The maximum Gasteiger partial charge on any atom is 0.232 e. The first-order valence-corrected chi connectivity index (χ1v) is 6.79. The lowest BCUT2D eigenvalue weighted by atomic mass is 9.92. The molecule has 8 nitrogen and oxygen atoms in total. The first-order chi connectivity index (χ1) is 9.56. The summed E-state index contributed by atoms with van der Waals surface area (Å²) in [4.78, 5) is 28.5. The molecule has 0 saturated carbocycles. The number of nitrogens with zero attached hydrogens (tertiary/aromatic N) is 5. The molecule has 0 aromatic carbocycles. The molecule has 2 aliphatic heterocycles. The zero-order valence-electron chi connectivity index (χ0n) is 11.7. The lowest BCUT2D eigenvalue weighted by Gasteiger charge is -2.36. The molecular formula is C12H19N7O. The Hall–Kier alpha value is -2.12. The van der Waals surface area contributed by atoms with Crippen LogP contribution in [0.2, 0.25) is 0 Å². The first kappa shape index (κ1) is 12.9. The third-order valence-electron chi connectivity index (χ3n) is 3.89. The maximum atomic E-state index is 11.8. The topological polar surface area (TPSA) is 100 Å². The Labute approximate surface area is 117 Å². The van der Waals surface area contributed by atoms with E-state index in [1.54, 1.807) is 4.90 Å². The van der Waals surface area contributed by atoms with Crippen LogP contribution in [0.15, 0.2) is 0 Å². The Morgan fingerprint density at radius 2 is 2.15 bits per heavy atom. The van der Waals surface area contributed by atoms with Crippen LogP contribution in [0, 0.1) is 5.92 Å². The number of nitrogens with two attached hydrogens (primary N) is 1. The molecule has 1 aromatic heterocycles. The van der Waals surface area contributed by atoms with Gasteiger partial charge in [-0.25, -0.2) is 0 Å². The summed E-state index contributed by atoms with van der Waals surface area (Å²) in [6, 6.07) is 0.119. The van der Waals surface area contributed by atoms with Crippen molar-refractivity contribution in [3.8, 4) is 0 Å². The van der Waals surface area contributed by atoms with E-state index in [2.05, 4.69) is 25.2 Å². The smallest absolute Gasteiger partial charge is 0.232 e. The van der Waals surface area contributed by atoms with Crippen LogP contribution in [0.1, 0.15) is 12.8 Å². The third kappa shape index (κ3) is 2.10. The number of nitrogens with one attached hydrogen (secondary N) is 1. The fraction of sp³-hybridized carbons (Fsp3) is 0.667. The van der Waals surface area contributed by atoms with Crippen molar-refractivity contribution in [2.75, 3.05) is 42.7 Å². The molecular weight excluding hydrogens is 258 g/mol. The Kier molecular flexibility index (Phi) is 3.07. The molecule has 2 saturated heterocycles. The van der Waals surface area contributed by atoms with Crippen LogP contribution < -0.4 is 20.9 Å². The number of piperidine rings is 1. The van der Waals surface area contributed by atoms with Gasteiger partial charge >= 0.3 is 0 Å². The number of fused-ring (bicyclic) bond motifs is 1. The van der Waals surface area contributed by atoms with Gasteiger partial charge in [0.05, 0.1) is 12.0 Å². The predicted molar refractivity (Wildman–Crippen MR) is 75.4 cm³/mol. The zero-order chi connectivity index (χ0) is 14.3. The molecule has 0 bridgehead atoms. The highest BCUT2D eigenvalue weighted by Crippen LogP contribution is 2.30. The van der Waals surface area contributed by atoms with Gasteiger partial charge in [0.1, 0.15) is 0 Å². The van der Waals surface area contributed by atoms with Crippen molar-refractivity contribution in [1.82, 2.24) is 20.3 Å². The molecule has 1 aromatic rings. The van der Waals surface area contributed by atoms with Crippen molar-refractivity contribution in [2.45, 2.75) is 18.9 Å². The normalized spacial score (nSPS) is 25.3. The fourth-order valence-electron chi connectivity index (χ4n) is 2.90. The summed E-state index contributed by atoms with van der Waals surface area (Å²) in [6.45, 7) is 1.48. The molecule has 2 atom stereocenters. The number of aromatic nitrogens is 3. The molecule has 2 aliphatic rings. The van der Waals surface area contributed by atoms with Crippen molar-refractivity contribution in [3.05, 3.63) is 0 Å². The predicted octanol–water partition coefficient (Wildman–Crippen LogP) is -0.765. The van der Waals surface area contributed by atoms with E-state index in [-0.39, 0.29) is 23.8 Å². The number of hydrogen-bond donors (Lipinski definition) is 2. The average Bonchev–Trinajstić information content (AvgIpc) is 2.80. The Morgan fingerprint density at radius 1 is 1.35 bits per heavy atom. The molecule has 0 aliphatic carbocycles. The van der Waals surface area contributed by atoms with Gasteiger partial charge in [-0.2, -0.15) is 15.0 Å². The van der Waals surface area contributed by atoms with Crippen LogP contribution in [0.3, 0.4) is 0 Å². The monoisotopic (exact) mass is 277 g/mol. The van der Waals surface area contributed by atoms with E-state index in [0.29, 0.717) is 18.4 Å². The second-order valence-electron chi connectivity index (χ2n) is 5.44. The molecule has 0 spiro atoms. The van der Waals surface area contributed by atoms with Gasteiger partial charge in [0.2, 0.25) is 23.8 Å². The quantitative estimate of drug-likeness (QED) is 0.732. The number of nitrogen functional groups attached to an aromatic ring is 1. The summed E-state index contributed by atoms with van der Waals surface area (Å²) in [7, 11) is 3.72. The number of rotatable bonds is 2. The van der Waals surface area contributed by atoms with E-state index in [0.717, 1.165) is 19.4 Å². The van der Waals surface area contributed by atoms with Crippen molar-refractivity contribution < 1.29 is 4.79 Å². The van der Waals surface area contributed by atoms with E-state index in [1.165, 1.54) is 0 Å². The second-order valence-corrected chi connectivity index (χ2v) is 5.44. The van der Waals surface area contributed by atoms with E-state index < -0.39 is 0 Å². The molecule has 1 amide bonds. The number of carbonyl (C=O) groups is 1. The van der Waals surface area contributed by atoms with Gasteiger partial charge in [0.15, 0.2) is 0 Å². The molecule has 0 radical (unpaired) electrons. The van der Waals surface area contributed by atoms with Gasteiger partial charge in [-0.15, -0.1) is 0 Å². The van der Waals surface area contributed by atoms with E-state index in [4.69, 9.17) is 5.73 Å². The van der Waals surface area contributed by atoms with Crippen molar-refractivity contribution in [3.63, 3.8) is 0 Å². The zero-order valence-corrected chi connectivity index (χ0v) is 11.7. The fourth-order valence-corrected chi connectivity index (χ4v) is 2.90. The van der Waals surface area contributed by atoms with Crippen molar-refractivity contribution >= 4 is 23.8 Å².